The number of ketones is 1. The van der Waals surface area contributed by atoms with Crippen LogP contribution in [0, 0.1) is 6.92 Å². The molecule has 1 N–H and O–H groups in total. The highest BCUT2D eigenvalue weighted by Gasteiger charge is 2.47. The van der Waals surface area contributed by atoms with Gasteiger partial charge in [0, 0.05) is 18.1 Å². The number of amides is 1. The molecule has 1 aliphatic heterocycles. The van der Waals surface area contributed by atoms with Crippen LogP contribution in [0.15, 0.2) is 72.6 Å². The van der Waals surface area contributed by atoms with Gasteiger partial charge >= 0.3 is 5.97 Å². The molecule has 1 atom stereocenters. The van der Waals surface area contributed by atoms with Crippen molar-refractivity contribution in [1.29, 1.82) is 0 Å². The number of rotatable bonds is 7. The molecule has 2 heterocycles. The van der Waals surface area contributed by atoms with Gasteiger partial charge in [0.2, 0.25) is 0 Å². The Balaban J connectivity index is 1.83. The Morgan fingerprint density at radius 2 is 1.86 bits per heavy atom. The number of aryl methyl sites for hydroxylation is 1. The Labute approximate surface area is 208 Å². The van der Waals surface area contributed by atoms with Crippen LogP contribution in [-0.4, -0.2) is 41.5 Å². The summed E-state index contributed by atoms with van der Waals surface area (Å²) in [6, 6.07) is 14.5. The van der Waals surface area contributed by atoms with E-state index < -0.39 is 17.7 Å². The van der Waals surface area contributed by atoms with E-state index in [9.17, 15) is 19.5 Å². The number of anilines is 1. The summed E-state index contributed by atoms with van der Waals surface area (Å²) in [7, 11) is 1.47. The van der Waals surface area contributed by atoms with Gasteiger partial charge in [0.15, 0.2) is 0 Å². The molecule has 36 heavy (non-hydrogen) atoms. The maximum Gasteiger partial charge on any atom is 0.310 e. The van der Waals surface area contributed by atoms with Gasteiger partial charge in [0.1, 0.15) is 11.5 Å². The Morgan fingerprint density at radius 3 is 2.50 bits per heavy atom. The van der Waals surface area contributed by atoms with Crippen molar-refractivity contribution >= 4 is 29.1 Å². The normalized spacial score (nSPS) is 16.8. The van der Waals surface area contributed by atoms with Gasteiger partial charge in [-0.25, -0.2) is 0 Å². The number of aliphatic hydroxyl groups is 1. The fourth-order valence-electron chi connectivity index (χ4n) is 4.26. The quantitative estimate of drug-likeness (QED) is 0.232. The highest BCUT2D eigenvalue weighted by atomic mass is 16.5. The number of Topliss-reactive ketones (excluding diaryl/α,β-unsaturated/α-hetero) is 1. The van der Waals surface area contributed by atoms with E-state index in [1.54, 1.807) is 67.8 Å². The van der Waals surface area contributed by atoms with Crippen molar-refractivity contribution < 1.29 is 29.0 Å². The van der Waals surface area contributed by atoms with Crippen molar-refractivity contribution in [2.75, 3.05) is 18.6 Å². The maximum absolute atomic E-state index is 13.3. The number of hydrogen-bond donors (Lipinski definition) is 1. The van der Waals surface area contributed by atoms with E-state index >= 15 is 0 Å². The fourth-order valence-corrected chi connectivity index (χ4v) is 4.26. The average Bonchev–Trinajstić information content (AvgIpc) is 3.15. The summed E-state index contributed by atoms with van der Waals surface area (Å²) in [5, 5.41) is 11.4. The van der Waals surface area contributed by atoms with Crippen LogP contribution in [0.5, 0.6) is 5.75 Å². The highest BCUT2D eigenvalue weighted by molar-refractivity contribution is 6.51. The lowest BCUT2D eigenvalue weighted by molar-refractivity contribution is -0.142. The van der Waals surface area contributed by atoms with E-state index in [0.717, 1.165) is 5.56 Å². The Morgan fingerprint density at radius 1 is 1.11 bits per heavy atom. The van der Waals surface area contributed by atoms with Crippen molar-refractivity contribution in [1.82, 2.24) is 4.98 Å². The zero-order valence-corrected chi connectivity index (χ0v) is 20.2. The maximum atomic E-state index is 13.3. The zero-order chi connectivity index (χ0) is 25.8. The van der Waals surface area contributed by atoms with Crippen LogP contribution in [0.3, 0.4) is 0 Å². The van der Waals surface area contributed by atoms with Crippen LogP contribution in [0.4, 0.5) is 5.69 Å². The smallest absolute Gasteiger partial charge is 0.310 e. The number of aliphatic hydroxyl groups excluding tert-OH is 1. The topological polar surface area (TPSA) is 106 Å². The molecule has 0 bridgehead atoms. The lowest BCUT2D eigenvalue weighted by Crippen LogP contribution is -2.29. The second-order valence-corrected chi connectivity index (χ2v) is 8.31. The summed E-state index contributed by atoms with van der Waals surface area (Å²) in [6.07, 6.45) is 3.23. The number of aromatic nitrogens is 1. The second-order valence-electron chi connectivity index (χ2n) is 8.31. The third kappa shape index (κ3) is 4.70. The Bertz CT molecular complexity index is 1330. The van der Waals surface area contributed by atoms with Crippen LogP contribution in [-0.2, 0) is 25.5 Å². The van der Waals surface area contributed by atoms with Gasteiger partial charge in [-0.15, -0.1) is 0 Å². The number of methoxy groups -OCH3 is 1. The molecule has 8 nitrogen and oxygen atoms in total. The molecule has 184 valence electrons. The zero-order valence-electron chi connectivity index (χ0n) is 20.2. The number of hydrogen-bond acceptors (Lipinski definition) is 7. The standard InChI is InChI=1S/C28H26N2O6/c1-4-36-23(31)15-18-8-10-20(11-9-18)30-25(19-6-5-13-29-16-19)24(27(33)28(30)34)26(32)21-14-17(2)7-12-22(21)35-3/h5-14,16,25,32H,4,15H2,1-3H3/b26-24+. The SMILES string of the molecule is CCOC(=O)Cc1ccc(N2C(=O)C(=O)/C(=C(/O)c3cc(C)ccc3OC)C2c2cccnc2)cc1. The van der Waals surface area contributed by atoms with E-state index in [1.165, 1.54) is 12.0 Å². The number of benzene rings is 2. The number of ether oxygens (including phenoxy) is 2. The molecule has 1 fully saturated rings. The highest BCUT2D eigenvalue weighted by Crippen LogP contribution is 2.43. The van der Waals surface area contributed by atoms with Crippen LogP contribution in [0.25, 0.3) is 5.76 Å². The predicted molar refractivity (Wildman–Crippen MR) is 134 cm³/mol. The fraction of sp³-hybridized carbons (Fsp3) is 0.214. The largest absolute Gasteiger partial charge is 0.507 e. The number of carbonyl (C=O) groups excluding carboxylic acids is 3. The third-order valence-electron chi connectivity index (χ3n) is 5.92. The number of nitrogens with zero attached hydrogens (tertiary/aromatic N) is 2. The molecule has 0 spiro atoms. The Kier molecular flexibility index (Phi) is 7.15. The molecular formula is C28H26N2O6. The first-order valence-corrected chi connectivity index (χ1v) is 11.5. The monoisotopic (exact) mass is 486 g/mol. The summed E-state index contributed by atoms with van der Waals surface area (Å²) in [6.45, 7) is 3.88. The molecule has 1 aromatic heterocycles. The van der Waals surface area contributed by atoms with Crippen molar-refractivity contribution in [3.8, 4) is 5.75 Å². The minimum atomic E-state index is -0.917. The van der Waals surface area contributed by atoms with E-state index in [2.05, 4.69) is 4.98 Å². The molecule has 0 radical (unpaired) electrons. The van der Waals surface area contributed by atoms with Crippen molar-refractivity contribution in [2.45, 2.75) is 26.3 Å². The molecule has 1 unspecified atom stereocenters. The summed E-state index contributed by atoms with van der Waals surface area (Å²) >= 11 is 0. The van der Waals surface area contributed by atoms with Crippen molar-refractivity contribution in [3.05, 3.63) is 94.8 Å². The van der Waals surface area contributed by atoms with E-state index in [0.29, 0.717) is 34.7 Å². The van der Waals surface area contributed by atoms with E-state index in [1.807, 2.05) is 13.0 Å². The van der Waals surface area contributed by atoms with Crippen molar-refractivity contribution in [3.63, 3.8) is 0 Å². The molecule has 1 amide bonds. The summed E-state index contributed by atoms with van der Waals surface area (Å²) in [5.41, 5.74) is 2.80. The minimum Gasteiger partial charge on any atom is -0.507 e. The van der Waals surface area contributed by atoms with Gasteiger partial charge in [-0.05, 0) is 55.3 Å². The first-order valence-electron chi connectivity index (χ1n) is 11.5. The average molecular weight is 487 g/mol. The predicted octanol–water partition coefficient (Wildman–Crippen LogP) is 4.13. The molecule has 0 saturated carbocycles. The second kappa shape index (κ2) is 10.4. The van der Waals surface area contributed by atoms with Crippen LogP contribution in [0.2, 0.25) is 0 Å². The first kappa shape index (κ1) is 24.7. The summed E-state index contributed by atoms with van der Waals surface area (Å²) in [5.74, 6) is -1.91. The molecule has 4 rings (SSSR count). The minimum absolute atomic E-state index is 0.0625. The van der Waals surface area contributed by atoms with Gasteiger partial charge in [-0.1, -0.05) is 29.8 Å². The van der Waals surface area contributed by atoms with E-state index in [4.69, 9.17) is 9.47 Å². The van der Waals surface area contributed by atoms with Crippen molar-refractivity contribution in [2.24, 2.45) is 0 Å². The lowest BCUT2D eigenvalue weighted by Gasteiger charge is -2.25. The third-order valence-corrected chi connectivity index (χ3v) is 5.92. The molecule has 8 heteroatoms. The van der Waals surface area contributed by atoms with Gasteiger partial charge in [-0.2, -0.15) is 0 Å². The van der Waals surface area contributed by atoms with Gasteiger partial charge in [-0.3, -0.25) is 24.3 Å². The summed E-state index contributed by atoms with van der Waals surface area (Å²) in [4.78, 5) is 44.0. The molecule has 2 aromatic carbocycles. The molecule has 1 aliphatic rings. The van der Waals surface area contributed by atoms with Gasteiger partial charge < -0.3 is 14.6 Å². The molecular weight excluding hydrogens is 460 g/mol. The van der Waals surface area contributed by atoms with Crippen LogP contribution < -0.4 is 9.64 Å². The lowest BCUT2D eigenvalue weighted by atomic mass is 9.95. The summed E-state index contributed by atoms with van der Waals surface area (Å²) < 4.78 is 10.4. The van der Waals surface area contributed by atoms with E-state index in [-0.39, 0.29) is 23.7 Å². The first-order chi connectivity index (χ1) is 17.3. The van der Waals surface area contributed by atoms with Gasteiger partial charge in [0.05, 0.1) is 37.3 Å². The van der Waals surface area contributed by atoms with Crippen LogP contribution >= 0.6 is 0 Å². The molecule has 1 saturated heterocycles. The number of pyridine rings is 1. The van der Waals surface area contributed by atoms with Gasteiger partial charge in [0.25, 0.3) is 11.7 Å². The molecule has 3 aromatic rings. The molecule has 0 aliphatic carbocycles. The van der Waals surface area contributed by atoms with Crippen LogP contribution in [0.1, 0.15) is 35.2 Å². The Hall–Kier alpha value is -4.46. The number of carbonyl (C=O) groups is 3. The number of esters is 1.